The molecule has 2 aromatic carbocycles. The van der Waals surface area contributed by atoms with E-state index >= 15 is 0 Å². The Morgan fingerprint density at radius 2 is 1.74 bits per heavy atom. The Balaban J connectivity index is 2.18. The second-order valence-corrected chi connectivity index (χ2v) is 5.26. The molecule has 2 aromatic rings. The van der Waals surface area contributed by atoms with E-state index in [2.05, 4.69) is 0 Å². The summed E-state index contributed by atoms with van der Waals surface area (Å²) in [6.07, 6.45) is 4.00. The van der Waals surface area contributed by atoms with E-state index in [0.29, 0.717) is 11.1 Å². The third-order valence-corrected chi connectivity index (χ3v) is 3.55. The summed E-state index contributed by atoms with van der Waals surface area (Å²) in [7, 11) is 0. The SMILES string of the molecule is CCC=COC(=O)C(C)c1cccc(C(=O)c2ccccc2)c1. The van der Waals surface area contributed by atoms with Gasteiger partial charge in [-0.25, -0.2) is 0 Å². The molecule has 3 heteroatoms. The summed E-state index contributed by atoms with van der Waals surface area (Å²) < 4.78 is 5.08. The van der Waals surface area contributed by atoms with Crippen LogP contribution in [0.2, 0.25) is 0 Å². The molecule has 0 spiro atoms. The second-order valence-electron chi connectivity index (χ2n) is 5.26. The van der Waals surface area contributed by atoms with E-state index in [1.807, 2.05) is 31.2 Å². The normalized spacial score (nSPS) is 12.1. The fraction of sp³-hybridized carbons (Fsp3) is 0.200. The van der Waals surface area contributed by atoms with E-state index in [4.69, 9.17) is 4.74 Å². The Kier molecular flexibility index (Phi) is 5.87. The summed E-state index contributed by atoms with van der Waals surface area (Å²) in [5.41, 5.74) is 1.96. The van der Waals surface area contributed by atoms with Crippen LogP contribution in [-0.4, -0.2) is 11.8 Å². The third-order valence-electron chi connectivity index (χ3n) is 3.55. The van der Waals surface area contributed by atoms with Crippen LogP contribution >= 0.6 is 0 Å². The summed E-state index contributed by atoms with van der Waals surface area (Å²) >= 11 is 0. The van der Waals surface area contributed by atoms with Crippen molar-refractivity contribution in [2.45, 2.75) is 26.2 Å². The van der Waals surface area contributed by atoms with Crippen LogP contribution in [0.25, 0.3) is 0 Å². The molecule has 0 aliphatic rings. The van der Waals surface area contributed by atoms with Gasteiger partial charge in [-0.05, 0) is 31.1 Å². The zero-order valence-electron chi connectivity index (χ0n) is 13.4. The molecule has 0 saturated heterocycles. The van der Waals surface area contributed by atoms with Crippen molar-refractivity contribution in [1.29, 1.82) is 0 Å². The van der Waals surface area contributed by atoms with Gasteiger partial charge in [0.15, 0.2) is 5.78 Å². The standard InChI is InChI=1S/C20H20O3/c1-3-4-13-23-20(22)15(2)17-11-8-12-18(14-17)19(21)16-9-6-5-7-10-16/h4-15H,3H2,1-2H3. The van der Waals surface area contributed by atoms with Crippen molar-refractivity contribution in [3.63, 3.8) is 0 Å². The van der Waals surface area contributed by atoms with E-state index in [9.17, 15) is 9.59 Å². The quantitative estimate of drug-likeness (QED) is 0.449. The Hall–Kier alpha value is -2.68. The fourth-order valence-electron chi connectivity index (χ4n) is 2.15. The lowest BCUT2D eigenvalue weighted by Gasteiger charge is -2.11. The predicted molar refractivity (Wildman–Crippen MR) is 90.3 cm³/mol. The first-order valence-corrected chi connectivity index (χ1v) is 7.68. The van der Waals surface area contributed by atoms with Crippen molar-refractivity contribution < 1.29 is 14.3 Å². The van der Waals surface area contributed by atoms with Crippen LogP contribution in [0.1, 0.15) is 47.7 Å². The average Bonchev–Trinajstić information content (AvgIpc) is 2.61. The molecule has 0 radical (unpaired) electrons. The number of rotatable bonds is 6. The fourth-order valence-corrected chi connectivity index (χ4v) is 2.15. The number of benzene rings is 2. The zero-order valence-corrected chi connectivity index (χ0v) is 13.4. The largest absolute Gasteiger partial charge is 0.434 e. The van der Waals surface area contributed by atoms with Crippen LogP contribution in [0.5, 0.6) is 0 Å². The van der Waals surface area contributed by atoms with Gasteiger partial charge in [-0.15, -0.1) is 0 Å². The molecule has 2 rings (SSSR count). The maximum Gasteiger partial charge on any atom is 0.317 e. The molecule has 1 unspecified atom stereocenters. The summed E-state index contributed by atoms with van der Waals surface area (Å²) in [5, 5.41) is 0. The van der Waals surface area contributed by atoms with Gasteiger partial charge in [0, 0.05) is 11.1 Å². The van der Waals surface area contributed by atoms with Gasteiger partial charge in [0.25, 0.3) is 0 Å². The highest BCUT2D eigenvalue weighted by Gasteiger charge is 2.18. The van der Waals surface area contributed by atoms with E-state index in [1.165, 1.54) is 6.26 Å². The third kappa shape index (κ3) is 4.39. The van der Waals surface area contributed by atoms with Crippen LogP contribution in [0, 0.1) is 0 Å². The molecule has 0 aliphatic heterocycles. The lowest BCUT2D eigenvalue weighted by Crippen LogP contribution is -2.11. The van der Waals surface area contributed by atoms with E-state index in [-0.39, 0.29) is 11.8 Å². The molecule has 0 aromatic heterocycles. The van der Waals surface area contributed by atoms with Gasteiger partial charge in [-0.3, -0.25) is 9.59 Å². The minimum absolute atomic E-state index is 0.0566. The summed E-state index contributed by atoms with van der Waals surface area (Å²) in [6, 6.07) is 16.2. The zero-order chi connectivity index (χ0) is 16.7. The van der Waals surface area contributed by atoms with Crippen LogP contribution in [-0.2, 0) is 9.53 Å². The highest BCUT2D eigenvalue weighted by molar-refractivity contribution is 6.09. The van der Waals surface area contributed by atoms with E-state index < -0.39 is 5.92 Å². The molecule has 1 atom stereocenters. The number of carbonyl (C=O) groups excluding carboxylic acids is 2. The van der Waals surface area contributed by atoms with Crippen LogP contribution < -0.4 is 0 Å². The first-order valence-electron chi connectivity index (χ1n) is 7.68. The Morgan fingerprint density at radius 3 is 2.43 bits per heavy atom. The Bertz CT molecular complexity index is 702. The molecular weight excluding hydrogens is 288 g/mol. The Morgan fingerprint density at radius 1 is 1.04 bits per heavy atom. The monoisotopic (exact) mass is 308 g/mol. The topological polar surface area (TPSA) is 43.4 Å². The number of ether oxygens (including phenoxy) is 1. The number of hydrogen-bond acceptors (Lipinski definition) is 3. The molecule has 0 heterocycles. The molecule has 0 bridgehead atoms. The Labute approximate surface area is 136 Å². The highest BCUT2D eigenvalue weighted by atomic mass is 16.5. The van der Waals surface area contributed by atoms with Crippen LogP contribution in [0.3, 0.4) is 0 Å². The molecule has 0 fully saturated rings. The number of carbonyl (C=O) groups is 2. The van der Waals surface area contributed by atoms with Gasteiger partial charge >= 0.3 is 5.97 Å². The summed E-state index contributed by atoms with van der Waals surface area (Å²) in [6.45, 7) is 3.74. The van der Waals surface area contributed by atoms with Gasteiger partial charge < -0.3 is 4.74 Å². The van der Waals surface area contributed by atoms with Crippen LogP contribution in [0.15, 0.2) is 66.9 Å². The van der Waals surface area contributed by atoms with Gasteiger partial charge in [0.2, 0.25) is 0 Å². The first-order chi connectivity index (χ1) is 11.1. The van der Waals surface area contributed by atoms with Crippen molar-refractivity contribution in [3.05, 3.63) is 83.6 Å². The van der Waals surface area contributed by atoms with Gasteiger partial charge in [-0.1, -0.05) is 55.5 Å². The molecule has 3 nitrogen and oxygen atoms in total. The molecule has 118 valence electrons. The van der Waals surface area contributed by atoms with Crippen molar-refractivity contribution >= 4 is 11.8 Å². The summed E-state index contributed by atoms with van der Waals surface area (Å²) in [4.78, 5) is 24.5. The van der Waals surface area contributed by atoms with Crippen molar-refractivity contribution in [2.24, 2.45) is 0 Å². The van der Waals surface area contributed by atoms with Crippen molar-refractivity contribution in [2.75, 3.05) is 0 Å². The van der Waals surface area contributed by atoms with Crippen molar-refractivity contribution in [1.82, 2.24) is 0 Å². The number of hydrogen-bond donors (Lipinski definition) is 0. The van der Waals surface area contributed by atoms with Gasteiger partial charge in [-0.2, -0.15) is 0 Å². The minimum Gasteiger partial charge on any atom is -0.434 e. The molecular formula is C20H20O3. The molecule has 0 aliphatic carbocycles. The van der Waals surface area contributed by atoms with Crippen molar-refractivity contribution in [3.8, 4) is 0 Å². The van der Waals surface area contributed by atoms with Crippen LogP contribution in [0.4, 0.5) is 0 Å². The summed E-state index contributed by atoms with van der Waals surface area (Å²) in [5.74, 6) is -0.821. The van der Waals surface area contributed by atoms with E-state index in [0.717, 1.165) is 12.0 Å². The number of allylic oxidation sites excluding steroid dienone is 1. The van der Waals surface area contributed by atoms with E-state index in [1.54, 1.807) is 43.3 Å². The number of esters is 1. The van der Waals surface area contributed by atoms with Gasteiger partial charge in [0.05, 0.1) is 12.2 Å². The first kappa shape index (κ1) is 16.7. The molecule has 23 heavy (non-hydrogen) atoms. The molecule has 0 saturated carbocycles. The smallest absolute Gasteiger partial charge is 0.317 e. The van der Waals surface area contributed by atoms with Gasteiger partial charge in [0.1, 0.15) is 0 Å². The molecule has 0 amide bonds. The lowest BCUT2D eigenvalue weighted by atomic mass is 9.96. The highest BCUT2D eigenvalue weighted by Crippen LogP contribution is 2.20. The maximum atomic E-state index is 12.5. The maximum absolute atomic E-state index is 12.5. The molecule has 0 N–H and O–H groups in total. The average molecular weight is 308 g/mol. The lowest BCUT2D eigenvalue weighted by molar-refractivity contribution is -0.139. The minimum atomic E-state index is -0.431. The predicted octanol–water partition coefficient (Wildman–Crippen LogP) is 4.49. The second kappa shape index (κ2) is 8.08. The number of ketones is 1.